The van der Waals surface area contributed by atoms with E-state index in [1.165, 1.54) is 0 Å². The number of phenols is 1. The molecule has 27 heavy (non-hydrogen) atoms. The van der Waals surface area contributed by atoms with Gasteiger partial charge >= 0.3 is 0 Å². The van der Waals surface area contributed by atoms with Crippen molar-refractivity contribution in [2.75, 3.05) is 24.7 Å². The SMILES string of the molecule is Cc1cc(C)c(-c2ccn3nc(N4CCOC[C@@H]4C(C)C)nc3n2)c(O)c1. The van der Waals surface area contributed by atoms with Gasteiger partial charge in [0.25, 0.3) is 5.78 Å². The zero-order valence-corrected chi connectivity index (χ0v) is 16.2. The normalized spacial score (nSPS) is 17.8. The van der Waals surface area contributed by atoms with Crippen LogP contribution in [-0.2, 0) is 4.74 Å². The van der Waals surface area contributed by atoms with Crippen molar-refractivity contribution < 1.29 is 9.84 Å². The fraction of sp³-hybridized carbons (Fsp3) is 0.450. The Bertz CT molecular complexity index is 959. The van der Waals surface area contributed by atoms with Gasteiger partial charge in [0.1, 0.15) is 5.75 Å². The van der Waals surface area contributed by atoms with E-state index in [1.807, 2.05) is 32.2 Å². The van der Waals surface area contributed by atoms with Crippen LogP contribution in [0.1, 0.15) is 25.0 Å². The van der Waals surface area contributed by atoms with E-state index in [4.69, 9.17) is 4.74 Å². The first-order valence-corrected chi connectivity index (χ1v) is 9.32. The summed E-state index contributed by atoms with van der Waals surface area (Å²) in [5, 5.41) is 15.0. The summed E-state index contributed by atoms with van der Waals surface area (Å²) in [6.07, 6.45) is 1.84. The lowest BCUT2D eigenvalue weighted by atomic mass is 10.0. The quantitative estimate of drug-likeness (QED) is 0.767. The second-order valence-electron chi connectivity index (χ2n) is 7.52. The standard InChI is InChI=1S/C20H25N5O2/c1-12(2)16-11-27-8-7-24(16)20-22-19-21-15(5-6-25(19)23-20)18-14(4)9-13(3)10-17(18)26/h5-6,9-10,12,16,26H,7-8,11H2,1-4H3/t16-/m1/s1. The molecule has 1 aliphatic heterocycles. The molecule has 7 nitrogen and oxygen atoms in total. The number of morpholine rings is 1. The summed E-state index contributed by atoms with van der Waals surface area (Å²) in [5.41, 5.74) is 3.43. The second kappa shape index (κ2) is 6.81. The molecule has 0 unspecified atom stereocenters. The third-order valence-corrected chi connectivity index (χ3v) is 5.10. The minimum absolute atomic E-state index is 0.233. The summed E-state index contributed by atoms with van der Waals surface area (Å²) >= 11 is 0. The molecule has 4 rings (SSSR count). The van der Waals surface area contributed by atoms with Gasteiger partial charge in [0, 0.05) is 18.3 Å². The molecule has 1 atom stereocenters. The first kappa shape index (κ1) is 17.7. The Morgan fingerprint density at radius 3 is 2.78 bits per heavy atom. The lowest BCUT2D eigenvalue weighted by Gasteiger charge is -2.37. The third kappa shape index (κ3) is 3.23. The van der Waals surface area contributed by atoms with Crippen LogP contribution in [0.25, 0.3) is 17.0 Å². The van der Waals surface area contributed by atoms with Crippen LogP contribution >= 0.6 is 0 Å². The molecule has 1 saturated heterocycles. The van der Waals surface area contributed by atoms with E-state index in [9.17, 15) is 5.11 Å². The van der Waals surface area contributed by atoms with E-state index < -0.39 is 0 Å². The first-order chi connectivity index (χ1) is 12.9. The van der Waals surface area contributed by atoms with Crippen LogP contribution in [-0.4, -0.2) is 50.5 Å². The van der Waals surface area contributed by atoms with Gasteiger partial charge in [-0.3, -0.25) is 0 Å². The summed E-state index contributed by atoms with van der Waals surface area (Å²) in [4.78, 5) is 11.5. The van der Waals surface area contributed by atoms with E-state index in [-0.39, 0.29) is 11.8 Å². The van der Waals surface area contributed by atoms with Crippen molar-refractivity contribution in [2.45, 2.75) is 33.7 Å². The van der Waals surface area contributed by atoms with Crippen LogP contribution in [0.2, 0.25) is 0 Å². The molecular weight excluding hydrogens is 342 g/mol. The van der Waals surface area contributed by atoms with Gasteiger partial charge < -0.3 is 14.7 Å². The van der Waals surface area contributed by atoms with E-state index in [1.54, 1.807) is 10.6 Å². The molecular formula is C20H25N5O2. The lowest BCUT2D eigenvalue weighted by molar-refractivity contribution is 0.0797. The second-order valence-corrected chi connectivity index (χ2v) is 7.52. The minimum atomic E-state index is 0.233. The monoisotopic (exact) mass is 367 g/mol. The molecule has 142 valence electrons. The van der Waals surface area contributed by atoms with Gasteiger partial charge in [0.2, 0.25) is 5.95 Å². The average molecular weight is 367 g/mol. The Hall–Kier alpha value is -2.67. The van der Waals surface area contributed by atoms with Crippen molar-refractivity contribution in [2.24, 2.45) is 5.92 Å². The van der Waals surface area contributed by atoms with Crippen molar-refractivity contribution in [1.29, 1.82) is 0 Å². The molecule has 0 amide bonds. The maximum Gasteiger partial charge on any atom is 0.254 e. The molecule has 0 saturated carbocycles. The molecule has 3 aromatic rings. The molecule has 1 aliphatic rings. The molecule has 0 spiro atoms. The third-order valence-electron chi connectivity index (χ3n) is 5.10. The van der Waals surface area contributed by atoms with Gasteiger partial charge in [-0.2, -0.15) is 4.98 Å². The summed E-state index contributed by atoms with van der Waals surface area (Å²) in [6, 6.07) is 5.91. The number of anilines is 1. The van der Waals surface area contributed by atoms with Gasteiger partial charge in [-0.15, -0.1) is 5.10 Å². The van der Waals surface area contributed by atoms with Crippen molar-refractivity contribution >= 4 is 11.7 Å². The van der Waals surface area contributed by atoms with Crippen LogP contribution in [0.4, 0.5) is 5.95 Å². The number of fused-ring (bicyclic) bond motifs is 1. The summed E-state index contributed by atoms with van der Waals surface area (Å²) in [5.74, 6) is 1.87. The zero-order chi connectivity index (χ0) is 19.1. The summed E-state index contributed by atoms with van der Waals surface area (Å²) in [6.45, 7) is 10.4. The summed E-state index contributed by atoms with van der Waals surface area (Å²) in [7, 11) is 0. The maximum atomic E-state index is 10.4. The fourth-order valence-corrected chi connectivity index (χ4v) is 3.73. The largest absolute Gasteiger partial charge is 0.507 e. The predicted octanol–water partition coefficient (Wildman–Crippen LogP) is 2.97. The summed E-state index contributed by atoms with van der Waals surface area (Å²) < 4.78 is 7.32. The Labute approximate surface area is 158 Å². The number of aromatic nitrogens is 4. The van der Waals surface area contributed by atoms with Gasteiger partial charge in [-0.1, -0.05) is 19.9 Å². The fourth-order valence-electron chi connectivity index (χ4n) is 3.73. The Kier molecular flexibility index (Phi) is 4.47. The van der Waals surface area contributed by atoms with Crippen LogP contribution < -0.4 is 4.90 Å². The highest BCUT2D eigenvalue weighted by molar-refractivity contribution is 5.72. The van der Waals surface area contributed by atoms with Crippen molar-refractivity contribution in [3.05, 3.63) is 35.5 Å². The number of aryl methyl sites for hydroxylation is 2. The molecule has 1 fully saturated rings. The number of phenolic OH excluding ortho intramolecular Hbond substituents is 1. The highest BCUT2D eigenvalue weighted by atomic mass is 16.5. The Morgan fingerprint density at radius 1 is 1.22 bits per heavy atom. The van der Waals surface area contributed by atoms with E-state index >= 15 is 0 Å². The van der Waals surface area contributed by atoms with Gasteiger partial charge in [0.15, 0.2) is 0 Å². The molecule has 1 aromatic carbocycles. The maximum absolute atomic E-state index is 10.4. The van der Waals surface area contributed by atoms with Crippen molar-refractivity contribution in [1.82, 2.24) is 19.6 Å². The number of ether oxygens (including phenoxy) is 1. The number of nitrogens with zero attached hydrogens (tertiary/aromatic N) is 5. The number of rotatable bonds is 3. The molecule has 1 N–H and O–H groups in total. The van der Waals surface area contributed by atoms with Crippen LogP contribution in [0.5, 0.6) is 5.75 Å². The topological polar surface area (TPSA) is 75.8 Å². The van der Waals surface area contributed by atoms with Crippen molar-refractivity contribution in [3.8, 4) is 17.0 Å². The average Bonchev–Trinajstić information content (AvgIpc) is 3.04. The molecule has 3 heterocycles. The van der Waals surface area contributed by atoms with E-state index in [0.29, 0.717) is 36.6 Å². The number of benzene rings is 1. The van der Waals surface area contributed by atoms with E-state index in [2.05, 4.69) is 33.8 Å². The minimum Gasteiger partial charge on any atom is -0.507 e. The predicted molar refractivity (Wildman–Crippen MR) is 104 cm³/mol. The zero-order valence-electron chi connectivity index (χ0n) is 16.2. The number of aromatic hydroxyl groups is 1. The lowest BCUT2D eigenvalue weighted by Crippen LogP contribution is -2.49. The van der Waals surface area contributed by atoms with Crippen molar-refractivity contribution in [3.63, 3.8) is 0 Å². The number of hydrogen-bond donors (Lipinski definition) is 1. The number of hydrogen-bond acceptors (Lipinski definition) is 6. The highest BCUT2D eigenvalue weighted by Gasteiger charge is 2.29. The van der Waals surface area contributed by atoms with E-state index in [0.717, 1.165) is 23.2 Å². The molecule has 2 aromatic heterocycles. The van der Waals surface area contributed by atoms with Gasteiger partial charge in [0.05, 0.1) is 24.9 Å². The Morgan fingerprint density at radius 2 is 2.04 bits per heavy atom. The smallest absolute Gasteiger partial charge is 0.254 e. The Balaban J connectivity index is 1.75. The molecule has 0 bridgehead atoms. The molecule has 0 radical (unpaired) electrons. The first-order valence-electron chi connectivity index (χ1n) is 9.32. The van der Waals surface area contributed by atoms with Gasteiger partial charge in [-0.25, -0.2) is 9.50 Å². The van der Waals surface area contributed by atoms with Crippen LogP contribution in [0.3, 0.4) is 0 Å². The molecule has 7 heteroatoms. The van der Waals surface area contributed by atoms with Gasteiger partial charge in [-0.05, 0) is 43.0 Å². The van der Waals surface area contributed by atoms with Crippen LogP contribution in [0, 0.1) is 19.8 Å². The molecule has 0 aliphatic carbocycles. The highest BCUT2D eigenvalue weighted by Crippen LogP contribution is 2.32. The van der Waals surface area contributed by atoms with Crippen LogP contribution in [0.15, 0.2) is 24.4 Å².